The van der Waals surface area contributed by atoms with E-state index < -0.39 is 10.4 Å². The number of benzene rings is 2. The zero-order valence-electron chi connectivity index (χ0n) is 17.1. The molecule has 0 aromatic heterocycles. The summed E-state index contributed by atoms with van der Waals surface area (Å²) in [6.45, 7) is 0. The molecule has 2 rings (SSSR count). The van der Waals surface area contributed by atoms with E-state index in [1.807, 2.05) is 0 Å². The largest absolute Gasteiger partial charge is 2.00 e. The maximum absolute atomic E-state index is 11.1. The fourth-order valence-electron chi connectivity index (χ4n) is 1.51. The van der Waals surface area contributed by atoms with Gasteiger partial charge in [-0.3, -0.25) is 20.0 Å². The molecule has 179 valence electrons. The van der Waals surface area contributed by atoms with Crippen LogP contribution < -0.4 is 32.5 Å². The van der Waals surface area contributed by atoms with Crippen molar-refractivity contribution in [2.75, 3.05) is 0 Å². The average Bonchev–Trinajstić information content (AvgIpc) is 2.71. The van der Waals surface area contributed by atoms with Crippen molar-refractivity contribution in [1.29, 1.82) is 0 Å². The third-order valence-corrected chi connectivity index (χ3v) is 2.78. The first-order chi connectivity index (χ1) is 15.4. The molecule has 0 amide bonds. The standard InChI is InChI=1S/2C8H9N3OS.H2O4S.O.V.Zn/c2*9-8(13)11-10-5-6-3-1-2-4-7(6)12;1-5(2,3)4;;;/h2*1-5,12H,(H3,9,11,13);(H2,1,2,3,4);;;/q;;;;;+2/p-2/b2*10-5+;;;;. The summed E-state index contributed by atoms with van der Waals surface area (Å²) in [5.74, 6) is -0.174. The molecule has 0 aliphatic heterocycles. The molecule has 0 heterocycles. The summed E-state index contributed by atoms with van der Waals surface area (Å²) in [5.41, 5.74) is 16.0. The average molecular weight is 619 g/mol. The summed E-state index contributed by atoms with van der Waals surface area (Å²) >= 11 is 10.1. The van der Waals surface area contributed by atoms with Crippen LogP contribution in [0.5, 0.6) is 11.5 Å². The predicted octanol–water partition coefficient (Wildman–Crippen LogP) is -0.922. The number of nitrogens with one attached hydrogen (secondary N) is 2. The molecular weight excluding hydrogens is 601 g/mol. The van der Waals surface area contributed by atoms with Gasteiger partial charge in [-0.1, -0.05) is 60.0 Å². The number of thiocarbonyl (C=S) groups is 2. The third kappa shape index (κ3) is 24.3. The molecule has 0 fully saturated rings. The molecule has 0 bridgehead atoms. The minimum absolute atomic E-state index is 0. The first kappa shape index (κ1) is 36.2. The summed E-state index contributed by atoms with van der Waals surface area (Å²) in [4.78, 5) is 0. The van der Waals surface area contributed by atoms with Crippen molar-refractivity contribution in [3.63, 3.8) is 0 Å². The van der Waals surface area contributed by atoms with Crippen LogP contribution >= 0.6 is 24.4 Å². The van der Waals surface area contributed by atoms with Crippen molar-refractivity contribution in [2.45, 2.75) is 0 Å². The fraction of sp³-hybridized carbons (Fsp3) is 0. The second-order valence-electron chi connectivity index (χ2n) is 4.99. The number of hydrazone groups is 2. The minimum atomic E-state index is -4.67. The normalized spacial score (nSPS) is 9.56. The predicted molar refractivity (Wildman–Crippen MR) is 122 cm³/mol. The van der Waals surface area contributed by atoms with Gasteiger partial charge in [-0.2, -0.15) is 18.6 Å². The molecule has 2 aromatic rings. The molecule has 0 atom stereocenters. The summed E-state index contributed by atoms with van der Waals surface area (Å²) in [6.07, 6.45) is 2.75. The zero-order chi connectivity index (χ0) is 25.9. The molecule has 2 aromatic carbocycles. The zero-order valence-corrected chi connectivity index (χ0v) is 24.0. The van der Waals surface area contributed by atoms with Gasteiger partial charge in [0.05, 0.1) is 12.4 Å². The third-order valence-electron chi connectivity index (χ3n) is 2.59. The first-order valence-corrected chi connectivity index (χ1v) is 10.8. The van der Waals surface area contributed by atoms with Gasteiger partial charge in [0.25, 0.3) is 0 Å². The second kappa shape index (κ2) is 21.2. The maximum Gasteiger partial charge on any atom is 2.00 e. The van der Waals surface area contributed by atoms with Gasteiger partial charge in [-0.25, -0.2) is 0 Å². The van der Waals surface area contributed by atoms with E-state index in [1.54, 1.807) is 36.4 Å². The Morgan fingerprint density at radius 2 is 1.12 bits per heavy atom. The van der Waals surface area contributed by atoms with E-state index >= 15 is 0 Å². The van der Waals surface area contributed by atoms with E-state index in [2.05, 4.69) is 45.5 Å². The molecule has 0 unspecified atom stereocenters. The second-order valence-corrected chi connectivity index (χ2v) is 6.77. The van der Waals surface area contributed by atoms with Gasteiger partial charge >= 0.3 is 50.9 Å². The van der Waals surface area contributed by atoms with Gasteiger partial charge in [-0.05, 0) is 35.6 Å². The van der Waals surface area contributed by atoms with Crippen molar-refractivity contribution < 1.29 is 68.3 Å². The maximum atomic E-state index is 11.1. The molecule has 8 N–H and O–H groups in total. The minimum Gasteiger partial charge on any atom is 2.00 e. The molecule has 0 aliphatic carbocycles. The summed E-state index contributed by atoms with van der Waals surface area (Å²) < 4.78 is 39.8. The van der Waals surface area contributed by atoms with Gasteiger partial charge in [0.15, 0.2) is 10.2 Å². The van der Waals surface area contributed by atoms with Crippen LogP contribution in [-0.2, 0) is 50.9 Å². The molecule has 13 nitrogen and oxygen atoms in total. The van der Waals surface area contributed by atoms with Crippen LogP contribution in [0.2, 0.25) is 0 Å². The fourth-order valence-corrected chi connectivity index (χ4v) is 1.61. The van der Waals surface area contributed by atoms with Gasteiger partial charge in [0.1, 0.15) is 0 Å². The number of rotatable bonds is 4. The summed E-state index contributed by atoms with van der Waals surface area (Å²) in [5, 5.41) is 29.7. The molecule has 0 radical (unpaired) electrons. The van der Waals surface area contributed by atoms with Crippen LogP contribution in [-0.4, -0.2) is 40.2 Å². The Kier molecular flexibility index (Phi) is 22.6. The van der Waals surface area contributed by atoms with E-state index in [4.69, 9.17) is 32.7 Å². The van der Waals surface area contributed by atoms with Gasteiger partial charge in [-0.15, -0.1) is 0 Å². The molecule has 0 saturated heterocycles. The van der Waals surface area contributed by atoms with Gasteiger partial charge < -0.3 is 21.7 Å². The molecule has 0 spiro atoms. The number of nitrogens with zero attached hydrogens (tertiary/aromatic N) is 2. The van der Waals surface area contributed by atoms with Crippen molar-refractivity contribution >= 4 is 57.5 Å². The molecule has 0 aliphatic rings. The Bertz CT molecular complexity index is 985. The number of hydrogen-bond acceptors (Lipinski definition) is 9. The Balaban J connectivity index is -0.000000436. The van der Waals surface area contributed by atoms with Crippen LogP contribution in [0, 0.1) is 0 Å². The van der Waals surface area contributed by atoms with E-state index in [1.165, 1.54) is 24.6 Å². The van der Waals surface area contributed by atoms with E-state index in [9.17, 15) is 10.2 Å². The summed E-state index contributed by atoms with van der Waals surface area (Å²) in [6, 6.07) is 13.1. The smallest absolute Gasteiger partial charge is 2.00 e. The van der Waals surface area contributed by atoms with E-state index in [-0.39, 0.29) is 41.2 Å². The number of nitrogens with two attached hydrogens (primary N) is 2. The Labute approximate surface area is 228 Å². The van der Waals surface area contributed by atoms with Crippen LogP contribution in [0.3, 0.4) is 0 Å². The van der Waals surface area contributed by atoms with E-state index in [0.29, 0.717) is 11.1 Å². The van der Waals surface area contributed by atoms with Crippen molar-refractivity contribution in [3.8, 4) is 11.5 Å². The van der Waals surface area contributed by atoms with Gasteiger partial charge in [0.2, 0.25) is 0 Å². The Hall–Kier alpha value is -2.36. The van der Waals surface area contributed by atoms with Crippen LogP contribution in [0.1, 0.15) is 11.1 Å². The molecule has 34 heavy (non-hydrogen) atoms. The SMILES string of the molecule is NC(=S)N/N=C/c1ccccc1[O-].NC(=S)N/N=C/c1ccccc1[O-].O=S(=O)(O)O.[O]=[V].[Zn+2]. The van der Waals surface area contributed by atoms with Crippen LogP contribution in [0.25, 0.3) is 0 Å². The van der Waals surface area contributed by atoms with Crippen molar-refractivity contribution in [1.82, 2.24) is 10.9 Å². The topological polar surface area (TPSA) is 239 Å². The molecule has 18 heteroatoms. The summed E-state index contributed by atoms with van der Waals surface area (Å²) in [7, 11) is -4.67. The Morgan fingerprint density at radius 3 is 1.35 bits per heavy atom. The van der Waals surface area contributed by atoms with Crippen molar-refractivity contribution in [3.05, 3.63) is 59.7 Å². The van der Waals surface area contributed by atoms with Crippen LogP contribution in [0.15, 0.2) is 58.7 Å². The van der Waals surface area contributed by atoms with Crippen molar-refractivity contribution in [2.24, 2.45) is 21.7 Å². The van der Waals surface area contributed by atoms with E-state index in [0.717, 1.165) is 17.4 Å². The number of hydrogen-bond donors (Lipinski definition) is 6. The van der Waals surface area contributed by atoms with Gasteiger partial charge in [0, 0.05) is 0 Å². The monoisotopic (exact) mass is 617 g/mol. The number of para-hydroxylation sites is 2. The Morgan fingerprint density at radius 1 is 0.853 bits per heavy atom. The first-order valence-electron chi connectivity index (χ1n) is 7.97. The van der Waals surface area contributed by atoms with Crippen LogP contribution in [0.4, 0.5) is 0 Å². The molecular formula is C16H18N6O7S3VZn. The molecule has 0 saturated carbocycles. The quantitative estimate of drug-likeness (QED) is 0.0800.